The molecule has 1 heterocycles. The van der Waals surface area contributed by atoms with Gasteiger partial charge in [0.15, 0.2) is 0 Å². The molecule has 2 N–H and O–H groups in total. The molecular formula is C23H25N3O4. The second-order valence-electron chi connectivity index (χ2n) is 7.17. The summed E-state index contributed by atoms with van der Waals surface area (Å²) in [5, 5.41) is 6.59. The predicted molar refractivity (Wildman–Crippen MR) is 116 cm³/mol. The van der Waals surface area contributed by atoms with Gasteiger partial charge in [0.25, 0.3) is 5.91 Å². The average molecular weight is 407 g/mol. The van der Waals surface area contributed by atoms with E-state index in [1.807, 2.05) is 44.2 Å². The third kappa shape index (κ3) is 4.86. The van der Waals surface area contributed by atoms with Crippen LogP contribution < -0.4 is 20.1 Å². The van der Waals surface area contributed by atoms with Gasteiger partial charge >= 0.3 is 0 Å². The lowest BCUT2D eigenvalue weighted by Crippen LogP contribution is -2.47. The van der Waals surface area contributed by atoms with Crippen LogP contribution in [-0.4, -0.2) is 37.1 Å². The minimum atomic E-state index is -0.747. The topological polar surface area (TPSA) is 89.5 Å². The van der Waals surface area contributed by atoms with E-state index in [1.165, 1.54) is 14.2 Å². The van der Waals surface area contributed by atoms with Crippen molar-refractivity contribution in [2.75, 3.05) is 19.5 Å². The Kier molecular flexibility index (Phi) is 6.51. The lowest BCUT2D eigenvalue weighted by atomic mass is 10.0. The molecule has 2 aromatic carbocycles. The summed E-state index contributed by atoms with van der Waals surface area (Å²) in [6, 6.07) is 15.4. The molecule has 3 rings (SSSR count). The summed E-state index contributed by atoms with van der Waals surface area (Å²) >= 11 is 0. The average Bonchev–Trinajstić information content (AvgIpc) is 2.76. The second kappa shape index (κ2) is 9.26. The number of rotatable bonds is 7. The van der Waals surface area contributed by atoms with Gasteiger partial charge in [0, 0.05) is 17.0 Å². The van der Waals surface area contributed by atoms with Gasteiger partial charge in [-0.15, -0.1) is 0 Å². The first-order chi connectivity index (χ1) is 14.4. The number of benzene rings is 2. The van der Waals surface area contributed by atoms with Crippen molar-refractivity contribution in [3.05, 3.63) is 60.2 Å². The zero-order valence-electron chi connectivity index (χ0n) is 17.4. The lowest BCUT2D eigenvalue weighted by molar-refractivity contribution is -0.118. The van der Waals surface area contributed by atoms with Crippen molar-refractivity contribution in [1.29, 1.82) is 0 Å². The fraction of sp³-hybridized carbons (Fsp3) is 0.261. The number of anilines is 1. The fourth-order valence-corrected chi connectivity index (χ4v) is 3.04. The lowest BCUT2D eigenvalue weighted by Gasteiger charge is -2.22. The van der Waals surface area contributed by atoms with Crippen molar-refractivity contribution in [3.63, 3.8) is 0 Å². The maximum Gasteiger partial charge on any atom is 0.252 e. The Hall–Kier alpha value is -3.61. The van der Waals surface area contributed by atoms with Crippen LogP contribution in [0, 0.1) is 5.92 Å². The van der Waals surface area contributed by atoms with E-state index >= 15 is 0 Å². The number of aromatic nitrogens is 1. The molecule has 1 unspecified atom stereocenters. The SMILES string of the molecule is COc1cc(OC)cc(C(=O)NC(C(=O)Nc2ccc3ccccc3n2)C(C)C)c1. The van der Waals surface area contributed by atoms with Crippen molar-refractivity contribution in [2.24, 2.45) is 5.92 Å². The molecule has 7 nitrogen and oxygen atoms in total. The molecule has 1 aromatic heterocycles. The zero-order chi connectivity index (χ0) is 21.7. The van der Waals surface area contributed by atoms with Crippen LogP contribution in [0.1, 0.15) is 24.2 Å². The van der Waals surface area contributed by atoms with Crippen LogP contribution >= 0.6 is 0 Å². The summed E-state index contributed by atoms with van der Waals surface area (Å²) in [6.45, 7) is 3.73. The van der Waals surface area contributed by atoms with E-state index < -0.39 is 11.9 Å². The van der Waals surface area contributed by atoms with Gasteiger partial charge in [-0.3, -0.25) is 9.59 Å². The van der Waals surface area contributed by atoms with E-state index in [0.29, 0.717) is 22.9 Å². The molecule has 0 aliphatic heterocycles. The molecule has 3 aromatic rings. The van der Waals surface area contributed by atoms with Crippen molar-refractivity contribution in [2.45, 2.75) is 19.9 Å². The predicted octanol–water partition coefficient (Wildman–Crippen LogP) is 3.65. The maximum absolute atomic E-state index is 12.9. The molecule has 0 saturated carbocycles. The van der Waals surface area contributed by atoms with Crippen LogP contribution in [-0.2, 0) is 4.79 Å². The number of hydrogen-bond acceptors (Lipinski definition) is 5. The summed E-state index contributed by atoms with van der Waals surface area (Å²) in [5.74, 6) is 0.544. The van der Waals surface area contributed by atoms with Gasteiger partial charge in [-0.1, -0.05) is 32.0 Å². The highest BCUT2D eigenvalue weighted by Crippen LogP contribution is 2.23. The third-order valence-corrected chi connectivity index (χ3v) is 4.70. The second-order valence-corrected chi connectivity index (χ2v) is 7.17. The highest BCUT2D eigenvalue weighted by molar-refractivity contribution is 6.01. The highest BCUT2D eigenvalue weighted by Gasteiger charge is 2.25. The quantitative estimate of drug-likeness (QED) is 0.624. The number of methoxy groups -OCH3 is 2. The Balaban J connectivity index is 1.77. The number of nitrogens with one attached hydrogen (secondary N) is 2. The third-order valence-electron chi connectivity index (χ3n) is 4.70. The first-order valence-corrected chi connectivity index (χ1v) is 9.62. The monoisotopic (exact) mass is 407 g/mol. The van der Waals surface area contributed by atoms with E-state index in [4.69, 9.17) is 9.47 Å². The summed E-state index contributed by atoms with van der Waals surface area (Å²) in [4.78, 5) is 30.2. The van der Waals surface area contributed by atoms with Gasteiger partial charge in [0.2, 0.25) is 5.91 Å². The molecule has 0 bridgehead atoms. The van der Waals surface area contributed by atoms with Crippen LogP contribution in [0.15, 0.2) is 54.6 Å². The molecule has 156 valence electrons. The first-order valence-electron chi connectivity index (χ1n) is 9.62. The minimum absolute atomic E-state index is 0.137. The Morgan fingerprint density at radius 2 is 1.60 bits per heavy atom. The van der Waals surface area contributed by atoms with Crippen LogP contribution in [0.3, 0.4) is 0 Å². The molecule has 7 heteroatoms. The van der Waals surface area contributed by atoms with E-state index in [9.17, 15) is 9.59 Å². The molecule has 2 amide bonds. The van der Waals surface area contributed by atoms with E-state index in [0.717, 1.165) is 10.9 Å². The smallest absolute Gasteiger partial charge is 0.252 e. The number of para-hydroxylation sites is 1. The zero-order valence-corrected chi connectivity index (χ0v) is 17.4. The largest absolute Gasteiger partial charge is 0.497 e. The van der Waals surface area contributed by atoms with Gasteiger partial charge in [-0.05, 0) is 36.2 Å². The van der Waals surface area contributed by atoms with Gasteiger partial charge in [-0.2, -0.15) is 0 Å². The number of nitrogens with zero attached hydrogens (tertiary/aromatic N) is 1. The number of carbonyl (C=O) groups excluding carboxylic acids is 2. The molecule has 1 atom stereocenters. The van der Waals surface area contributed by atoms with Gasteiger partial charge in [-0.25, -0.2) is 4.98 Å². The number of pyridine rings is 1. The minimum Gasteiger partial charge on any atom is -0.497 e. The Bertz CT molecular complexity index is 1040. The summed E-state index contributed by atoms with van der Waals surface area (Å²) in [6.07, 6.45) is 0. The van der Waals surface area contributed by atoms with Gasteiger partial charge in [0.05, 0.1) is 19.7 Å². The Morgan fingerprint density at radius 1 is 0.933 bits per heavy atom. The molecule has 0 fully saturated rings. The van der Waals surface area contributed by atoms with Crippen LogP contribution in [0.4, 0.5) is 5.82 Å². The van der Waals surface area contributed by atoms with E-state index in [-0.39, 0.29) is 11.8 Å². The summed E-state index contributed by atoms with van der Waals surface area (Å²) in [5.41, 5.74) is 1.12. The number of amides is 2. The van der Waals surface area contributed by atoms with Crippen LogP contribution in [0.2, 0.25) is 0 Å². The fourth-order valence-electron chi connectivity index (χ4n) is 3.04. The Labute approximate surface area is 175 Å². The summed E-state index contributed by atoms with van der Waals surface area (Å²) in [7, 11) is 3.02. The van der Waals surface area contributed by atoms with Gasteiger partial charge in [0.1, 0.15) is 23.4 Å². The number of hydrogen-bond donors (Lipinski definition) is 2. The van der Waals surface area contributed by atoms with Crippen LogP contribution in [0.5, 0.6) is 11.5 Å². The van der Waals surface area contributed by atoms with Crippen molar-refractivity contribution in [1.82, 2.24) is 10.3 Å². The molecule has 0 spiro atoms. The van der Waals surface area contributed by atoms with Crippen molar-refractivity contribution >= 4 is 28.5 Å². The van der Waals surface area contributed by atoms with Crippen molar-refractivity contribution < 1.29 is 19.1 Å². The standard InChI is InChI=1S/C23H25N3O4/c1-14(2)21(26-22(27)16-11-17(29-3)13-18(12-16)30-4)23(28)25-20-10-9-15-7-5-6-8-19(15)24-20/h5-14,21H,1-4H3,(H,26,27)(H,24,25,28). The maximum atomic E-state index is 12.9. The van der Waals surface area contributed by atoms with Gasteiger partial charge < -0.3 is 20.1 Å². The van der Waals surface area contributed by atoms with Crippen LogP contribution in [0.25, 0.3) is 10.9 Å². The molecule has 30 heavy (non-hydrogen) atoms. The first kappa shape index (κ1) is 21.1. The molecule has 0 radical (unpaired) electrons. The van der Waals surface area contributed by atoms with E-state index in [2.05, 4.69) is 15.6 Å². The van der Waals surface area contributed by atoms with E-state index in [1.54, 1.807) is 24.3 Å². The Morgan fingerprint density at radius 3 is 2.23 bits per heavy atom. The molecule has 0 aliphatic carbocycles. The molecule has 0 saturated heterocycles. The highest BCUT2D eigenvalue weighted by atomic mass is 16.5. The number of carbonyl (C=O) groups is 2. The number of ether oxygens (including phenoxy) is 2. The molecule has 0 aliphatic rings. The number of fused-ring (bicyclic) bond motifs is 1. The molecular weight excluding hydrogens is 382 g/mol. The summed E-state index contributed by atoms with van der Waals surface area (Å²) < 4.78 is 10.4. The normalized spacial score (nSPS) is 11.8. The van der Waals surface area contributed by atoms with Crippen molar-refractivity contribution in [3.8, 4) is 11.5 Å².